The number of aliphatic carboxylic acids is 1. The molecule has 106 valence electrons. The first kappa shape index (κ1) is 12.8. The molecule has 3 rings (SSSR count). The topological polar surface area (TPSA) is 69.6 Å². The van der Waals surface area contributed by atoms with Crippen molar-refractivity contribution >= 4 is 12.0 Å². The molecule has 1 heterocycles. The normalized spacial score (nSPS) is 34.5. The summed E-state index contributed by atoms with van der Waals surface area (Å²) in [5.74, 6) is -0.675. The van der Waals surface area contributed by atoms with Crippen LogP contribution < -0.4 is 5.32 Å². The molecule has 0 aromatic heterocycles. The second kappa shape index (κ2) is 5.02. The number of amides is 2. The van der Waals surface area contributed by atoms with Crippen LogP contribution in [0.25, 0.3) is 0 Å². The molecule has 5 nitrogen and oxygen atoms in total. The van der Waals surface area contributed by atoms with Crippen molar-refractivity contribution in [2.75, 3.05) is 0 Å². The van der Waals surface area contributed by atoms with Gasteiger partial charge in [-0.15, -0.1) is 0 Å². The molecule has 2 saturated carbocycles. The fourth-order valence-corrected chi connectivity index (χ4v) is 4.09. The predicted octanol–water partition coefficient (Wildman–Crippen LogP) is 1.97. The molecule has 19 heavy (non-hydrogen) atoms. The smallest absolute Gasteiger partial charge is 0.326 e. The molecule has 1 aliphatic heterocycles. The average molecular weight is 266 g/mol. The Balaban J connectivity index is 1.66. The van der Waals surface area contributed by atoms with E-state index in [2.05, 4.69) is 5.32 Å². The summed E-state index contributed by atoms with van der Waals surface area (Å²) in [4.78, 5) is 25.4. The van der Waals surface area contributed by atoms with Crippen molar-refractivity contribution in [3.63, 3.8) is 0 Å². The zero-order chi connectivity index (χ0) is 13.4. The number of piperidine rings is 1. The van der Waals surface area contributed by atoms with E-state index >= 15 is 0 Å². The fraction of sp³-hybridized carbons (Fsp3) is 0.857. The molecule has 0 spiro atoms. The van der Waals surface area contributed by atoms with Crippen LogP contribution in [0.2, 0.25) is 0 Å². The molecule has 0 aromatic rings. The van der Waals surface area contributed by atoms with Gasteiger partial charge in [-0.25, -0.2) is 9.59 Å². The van der Waals surface area contributed by atoms with Crippen LogP contribution in [0.3, 0.4) is 0 Å². The van der Waals surface area contributed by atoms with E-state index in [1.165, 1.54) is 19.3 Å². The number of carbonyl (C=O) groups excluding carboxylic acids is 1. The number of carboxylic acid groups (broad SMARTS) is 1. The third-order valence-electron chi connectivity index (χ3n) is 5.01. The number of nitrogens with one attached hydrogen (secondary N) is 1. The first-order valence-corrected chi connectivity index (χ1v) is 7.48. The molecule has 3 aliphatic rings. The minimum Gasteiger partial charge on any atom is -0.480 e. The van der Waals surface area contributed by atoms with E-state index in [4.69, 9.17) is 0 Å². The number of urea groups is 1. The van der Waals surface area contributed by atoms with Gasteiger partial charge in [0.05, 0.1) is 0 Å². The largest absolute Gasteiger partial charge is 0.480 e. The highest BCUT2D eigenvalue weighted by Crippen LogP contribution is 2.42. The van der Waals surface area contributed by atoms with Gasteiger partial charge in [-0.1, -0.05) is 19.3 Å². The number of rotatable bonds is 2. The van der Waals surface area contributed by atoms with Gasteiger partial charge >= 0.3 is 12.0 Å². The number of nitrogens with zero attached hydrogens (tertiary/aromatic N) is 1. The minimum absolute atomic E-state index is 0.147. The van der Waals surface area contributed by atoms with E-state index in [-0.39, 0.29) is 24.0 Å². The van der Waals surface area contributed by atoms with Crippen molar-refractivity contribution < 1.29 is 14.7 Å². The van der Waals surface area contributed by atoms with Crippen LogP contribution in [0.15, 0.2) is 0 Å². The number of carboxylic acids is 1. The number of hydrogen-bond acceptors (Lipinski definition) is 2. The van der Waals surface area contributed by atoms with Gasteiger partial charge in [-0.05, 0) is 38.0 Å². The molecular formula is C14H22N2O3. The van der Waals surface area contributed by atoms with Gasteiger partial charge in [0.1, 0.15) is 6.04 Å². The molecule has 1 saturated heterocycles. The van der Waals surface area contributed by atoms with Gasteiger partial charge in [-0.3, -0.25) is 0 Å². The second-order valence-corrected chi connectivity index (χ2v) is 6.20. The standard InChI is InChI=1S/C14H22N2O3/c17-13(18)12-9-6-7-11(8-9)16(12)14(19)15-10-4-2-1-3-5-10/h9-12H,1-8H2,(H,15,19)(H,17,18)/t9-,11-,12+/m0/s1. The van der Waals surface area contributed by atoms with Crippen LogP contribution in [0.5, 0.6) is 0 Å². The summed E-state index contributed by atoms with van der Waals surface area (Å²) in [6.45, 7) is 0. The molecule has 2 amide bonds. The van der Waals surface area contributed by atoms with Crippen LogP contribution in [0.1, 0.15) is 51.4 Å². The summed E-state index contributed by atoms with van der Waals surface area (Å²) >= 11 is 0. The lowest BCUT2D eigenvalue weighted by Gasteiger charge is -2.34. The maximum absolute atomic E-state index is 12.4. The quantitative estimate of drug-likeness (QED) is 0.802. The Morgan fingerprint density at radius 2 is 1.79 bits per heavy atom. The first-order valence-electron chi connectivity index (χ1n) is 7.48. The monoisotopic (exact) mass is 266 g/mol. The summed E-state index contributed by atoms with van der Waals surface area (Å²) in [6, 6.07) is -0.349. The molecule has 0 unspecified atom stereocenters. The van der Waals surface area contributed by atoms with Gasteiger partial charge in [0.15, 0.2) is 0 Å². The van der Waals surface area contributed by atoms with E-state index in [1.54, 1.807) is 4.90 Å². The van der Waals surface area contributed by atoms with E-state index in [0.717, 1.165) is 32.1 Å². The zero-order valence-electron chi connectivity index (χ0n) is 11.2. The minimum atomic E-state index is -0.842. The van der Waals surface area contributed by atoms with Crippen LogP contribution in [0, 0.1) is 5.92 Å². The van der Waals surface area contributed by atoms with Crippen molar-refractivity contribution in [1.29, 1.82) is 0 Å². The third-order valence-corrected chi connectivity index (χ3v) is 5.01. The molecule has 2 bridgehead atoms. The van der Waals surface area contributed by atoms with Gasteiger partial charge in [0, 0.05) is 12.1 Å². The summed E-state index contributed by atoms with van der Waals surface area (Å²) in [5, 5.41) is 12.4. The Kier molecular flexibility index (Phi) is 3.37. The highest BCUT2D eigenvalue weighted by Gasteiger charge is 2.51. The number of hydrogen-bond donors (Lipinski definition) is 2. The Morgan fingerprint density at radius 1 is 1.05 bits per heavy atom. The Labute approximate surface area is 113 Å². The van der Waals surface area contributed by atoms with Gasteiger partial charge < -0.3 is 15.3 Å². The number of fused-ring (bicyclic) bond motifs is 2. The summed E-state index contributed by atoms with van der Waals surface area (Å²) in [6.07, 6.45) is 8.44. The van der Waals surface area contributed by atoms with Gasteiger partial charge in [0.2, 0.25) is 0 Å². The molecular weight excluding hydrogens is 244 g/mol. The predicted molar refractivity (Wildman–Crippen MR) is 69.8 cm³/mol. The summed E-state index contributed by atoms with van der Waals surface area (Å²) < 4.78 is 0. The van der Waals surface area contributed by atoms with Crippen molar-refractivity contribution in [1.82, 2.24) is 10.2 Å². The fourth-order valence-electron chi connectivity index (χ4n) is 4.09. The lowest BCUT2D eigenvalue weighted by atomic mass is 9.95. The first-order chi connectivity index (χ1) is 9.16. The highest BCUT2D eigenvalue weighted by atomic mass is 16.4. The van der Waals surface area contributed by atoms with Crippen LogP contribution in [-0.4, -0.2) is 40.1 Å². The SMILES string of the molecule is O=C(O)[C@H]1[C@H]2CC[C@@H](C2)N1C(=O)NC1CCCCC1. The summed E-state index contributed by atoms with van der Waals surface area (Å²) in [5.41, 5.74) is 0. The van der Waals surface area contributed by atoms with E-state index in [9.17, 15) is 14.7 Å². The van der Waals surface area contributed by atoms with Gasteiger partial charge in [0.25, 0.3) is 0 Å². The lowest BCUT2D eigenvalue weighted by Crippen LogP contribution is -2.54. The highest BCUT2D eigenvalue weighted by molar-refractivity contribution is 5.84. The van der Waals surface area contributed by atoms with Crippen molar-refractivity contribution in [3.05, 3.63) is 0 Å². The maximum atomic E-state index is 12.4. The maximum Gasteiger partial charge on any atom is 0.326 e. The van der Waals surface area contributed by atoms with Crippen LogP contribution >= 0.6 is 0 Å². The van der Waals surface area contributed by atoms with Crippen molar-refractivity contribution in [2.45, 2.75) is 69.5 Å². The molecule has 2 N–H and O–H groups in total. The van der Waals surface area contributed by atoms with Crippen molar-refractivity contribution in [3.8, 4) is 0 Å². The number of carbonyl (C=O) groups is 2. The second-order valence-electron chi connectivity index (χ2n) is 6.20. The van der Waals surface area contributed by atoms with E-state index in [1.807, 2.05) is 0 Å². The van der Waals surface area contributed by atoms with E-state index in [0.29, 0.717) is 0 Å². The van der Waals surface area contributed by atoms with Crippen molar-refractivity contribution in [2.24, 2.45) is 5.92 Å². The molecule has 0 aromatic carbocycles. The Hall–Kier alpha value is -1.26. The zero-order valence-corrected chi connectivity index (χ0v) is 11.2. The molecule has 5 heteroatoms. The summed E-state index contributed by atoms with van der Waals surface area (Å²) in [7, 11) is 0. The van der Waals surface area contributed by atoms with E-state index < -0.39 is 12.0 Å². The third kappa shape index (κ3) is 2.30. The molecule has 3 atom stereocenters. The Morgan fingerprint density at radius 3 is 2.47 bits per heavy atom. The average Bonchev–Trinajstić information content (AvgIpc) is 2.99. The number of likely N-dealkylation sites (tertiary alicyclic amines) is 1. The molecule has 0 radical (unpaired) electrons. The molecule has 3 fully saturated rings. The van der Waals surface area contributed by atoms with Gasteiger partial charge in [-0.2, -0.15) is 0 Å². The lowest BCUT2D eigenvalue weighted by molar-refractivity contribution is -0.143. The molecule has 2 aliphatic carbocycles. The van der Waals surface area contributed by atoms with Crippen LogP contribution in [-0.2, 0) is 4.79 Å². The van der Waals surface area contributed by atoms with Crippen LogP contribution in [0.4, 0.5) is 4.79 Å². The Bertz CT molecular complexity index is 379.